The number of aromatic nitrogens is 2. The second-order valence-corrected chi connectivity index (χ2v) is 7.99. The van der Waals surface area contributed by atoms with Gasteiger partial charge in [0.15, 0.2) is 0 Å². The number of nitro groups is 1. The molecule has 0 saturated carbocycles. The summed E-state index contributed by atoms with van der Waals surface area (Å²) in [5.41, 5.74) is 0.582. The summed E-state index contributed by atoms with van der Waals surface area (Å²) >= 11 is 4.63. The monoisotopic (exact) mass is 431 g/mol. The summed E-state index contributed by atoms with van der Waals surface area (Å²) in [6.45, 7) is 1.56. The van der Waals surface area contributed by atoms with Crippen molar-refractivity contribution in [2.45, 2.75) is 30.4 Å². The molecule has 2 fully saturated rings. The Morgan fingerprint density at radius 1 is 1.27 bits per heavy atom. The van der Waals surface area contributed by atoms with Crippen LogP contribution in [0.2, 0.25) is 0 Å². The highest BCUT2D eigenvalue weighted by molar-refractivity contribution is 7.81. The minimum atomic E-state index is -0.730. The summed E-state index contributed by atoms with van der Waals surface area (Å²) in [6.07, 6.45) is 5.34. The summed E-state index contributed by atoms with van der Waals surface area (Å²) < 4.78 is 7.23. The number of thiol groups is 1. The zero-order chi connectivity index (χ0) is 21.3. The number of hydrogen-bond donors (Lipinski definition) is 1. The fourth-order valence-corrected chi connectivity index (χ4v) is 4.25. The number of hydrogen-bond acceptors (Lipinski definition) is 7. The molecule has 2 aliphatic heterocycles. The predicted molar refractivity (Wildman–Crippen MR) is 109 cm³/mol. The molecule has 0 spiro atoms. The van der Waals surface area contributed by atoms with E-state index in [1.54, 1.807) is 23.6 Å². The summed E-state index contributed by atoms with van der Waals surface area (Å²) in [5.74, 6) is -0.121. The third-order valence-electron chi connectivity index (χ3n) is 5.47. The van der Waals surface area contributed by atoms with E-state index in [-0.39, 0.29) is 36.0 Å². The molecule has 2 saturated heterocycles. The van der Waals surface area contributed by atoms with E-state index in [9.17, 15) is 19.7 Å². The first kappa shape index (κ1) is 20.2. The van der Waals surface area contributed by atoms with Gasteiger partial charge < -0.3 is 14.2 Å². The third kappa shape index (κ3) is 3.84. The summed E-state index contributed by atoms with van der Waals surface area (Å²) in [4.78, 5) is 43.5. The zero-order valence-electron chi connectivity index (χ0n) is 16.0. The highest BCUT2D eigenvalue weighted by atomic mass is 32.1. The molecule has 0 radical (unpaired) electrons. The number of amides is 2. The lowest BCUT2D eigenvalue weighted by molar-refractivity contribution is -0.384. The number of carbonyl (C=O) groups excluding carboxylic acids is 2. The van der Waals surface area contributed by atoms with Crippen LogP contribution in [-0.2, 0) is 16.1 Å². The van der Waals surface area contributed by atoms with Crippen molar-refractivity contribution < 1.29 is 19.2 Å². The van der Waals surface area contributed by atoms with Gasteiger partial charge in [-0.1, -0.05) is 0 Å². The van der Waals surface area contributed by atoms with Gasteiger partial charge in [0.05, 0.1) is 17.3 Å². The first-order chi connectivity index (χ1) is 14.5. The van der Waals surface area contributed by atoms with Gasteiger partial charge in [0.2, 0.25) is 5.91 Å². The lowest BCUT2D eigenvalue weighted by Crippen LogP contribution is -2.54. The first-order valence-corrected chi connectivity index (χ1v) is 10.1. The van der Waals surface area contributed by atoms with Crippen LogP contribution < -0.4 is 0 Å². The molecule has 30 heavy (non-hydrogen) atoms. The molecular formula is C19H21N5O5S. The maximum absolute atomic E-state index is 13.1. The van der Waals surface area contributed by atoms with Crippen LogP contribution in [0.3, 0.4) is 0 Å². The molecule has 3 unspecified atom stereocenters. The molecule has 2 aromatic rings. The Labute approximate surface area is 178 Å². The van der Waals surface area contributed by atoms with Gasteiger partial charge in [-0.3, -0.25) is 19.8 Å². The molecular weight excluding hydrogens is 410 g/mol. The minimum absolute atomic E-state index is 0.0362. The Morgan fingerprint density at radius 3 is 2.57 bits per heavy atom. The van der Waals surface area contributed by atoms with Gasteiger partial charge in [-0.25, -0.2) is 9.78 Å². The molecule has 4 rings (SSSR count). The van der Waals surface area contributed by atoms with Gasteiger partial charge in [-0.05, 0) is 24.1 Å². The second kappa shape index (κ2) is 8.34. The Balaban J connectivity index is 1.49. The number of benzene rings is 1. The average Bonchev–Trinajstić information content (AvgIpc) is 3.32. The largest absolute Gasteiger partial charge is 0.445 e. The van der Waals surface area contributed by atoms with Gasteiger partial charge in [0.25, 0.3) is 5.69 Å². The normalized spacial score (nSPS) is 23.2. The number of imidazole rings is 1. The number of likely N-dealkylation sites (tertiary alicyclic amines) is 2. The molecule has 1 aromatic carbocycles. The molecule has 0 N–H and O–H groups in total. The van der Waals surface area contributed by atoms with Crippen LogP contribution >= 0.6 is 12.6 Å². The lowest BCUT2D eigenvalue weighted by Gasteiger charge is -2.37. The molecule has 10 nitrogen and oxygen atoms in total. The molecule has 2 amide bonds. The van der Waals surface area contributed by atoms with E-state index in [4.69, 9.17) is 4.74 Å². The number of non-ortho nitro benzene ring substituents is 1. The number of rotatable bonds is 5. The van der Waals surface area contributed by atoms with Crippen molar-refractivity contribution in [3.63, 3.8) is 0 Å². The quantitative estimate of drug-likeness (QED) is 0.440. The summed E-state index contributed by atoms with van der Waals surface area (Å²) in [6, 6.07) is 4.70. The van der Waals surface area contributed by atoms with Gasteiger partial charge in [-0.15, -0.1) is 0 Å². The second-order valence-electron chi connectivity index (χ2n) is 7.32. The molecule has 158 valence electrons. The van der Waals surface area contributed by atoms with E-state index in [1.165, 1.54) is 29.2 Å². The molecule has 2 aliphatic rings. The van der Waals surface area contributed by atoms with Gasteiger partial charge in [0, 0.05) is 49.4 Å². The summed E-state index contributed by atoms with van der Waals surface area (Å²) in [7, 11) is 0. The van der Waals surface area contributed by atoms with Crippen LogP contribution in [0.4, 0.5) is 10.5 Å². The third-order valence-corrected chi connectivity index (χ3v) is 5.94. The first-order valence-electron chi connectivity index (χ1n) is 9.56. The summed E-state index contributed by atoms with van der Waals surface area (Å²) in [5, 5.41) is 10.5. The molecule has 3 atom stereocenters. The van der Waals surface area contributed by atoms with Crippen molar-refractivity contribution in [2.24, 2.45) is 0 Å². The van der Waals surface area contributed by atoms with E-state index in [0.29, 0.717) is 18.7 Å². The van der Waals surface area contributed by atoms with E-state index >= 15 is 0 Å². The number of ether oxygens (including phenoxy) is 1. The van der Waals surface area contributed by atoms with Crippen molar-refractivity contribution in [1.29, 1.82) is 0 Å². The van der Waals surface area contributed by atoms with Crippen molar-refractivity contribution in [3.05, 3.63) is 58.7 Å². The maximum atomic E-state index is 13.1. The average molecular weight is 431 g/mol. The van der Waals surface area contributed by atoms with Crippen molar-refractivity contribution in [3.8, 4) is 0 Å². The number of nitrogens with zero attached hydrogens (tertiary/aromatic N) is 5. The molecule has 1 aromatic heterocycles. The maximum Gasteiger partial charge on any atom is 0.410 e. The van der Waals surface area contributed by atoms with Crippen molar-refractivity contribution in [2.75, 3.05) is 19.6 Å². The Bertz CT molecular complexity index is 931. The highest BCUT2D eigenvalue weighted by Gasteiger charge is 2.50. The smallest absolute Gasteiger partial charge is 0.410 e. The Morgan fingerprint density at radius 2 is 2.00 bits per heavy atom. The molecule has 0 aliphatic carbocycles. The van der Waals surface area contributed by atoms with Crippen LogP contribution in [0.1, 0.15) is 18.0 Å². The zero-order valence-corrected chi connectivity index (χ0v) is 16.9. The number of carbonyl (C=O) groups is 2. The van der Waals surface area contributed by atoms with Crippen LogP contribution in [0, 0.1) is 10.1 Å². The van der Waals surface area contributed by atoms with Gasteiger partial charge in [0.1, 0.15) is 12.6 Å². The number of nitro benzene ring substituents is 1. The Hall–Kier alpha value is -3.08. The van der Waals surface area contributed by atoms with Crippen LogP contribution in [0.25, 0.3) is 0 Å². The van der Waals surface area contributed by atoms with E-state index < -0.39 is 17.1 Å². The van der Waals surface area contributed by atoms with E-state index in [0.717, 1.165) is 6.42 Å². The minimum Gasteiger partial charge on any atom is -0.445 e. The van der Waals surface area contributed by atoms with Crippen LogP contribution in [0.15, 0.2) is 43.0 Å². The topological polar surface area (TPSA) is 111 Å². The van der Waals surface area contributed by atoms with Crippen LogP contribution in [0.5, 0.6) is 0 Å². The highest BCUT2D eigenvalue weighted by Crippen LogP contribution is 2.35. The SMILES string of the molecule is O=C(C1C(n2ccnc2)C(S)CN1C(=O)OCc1ccc([N+](=O)[O-])cc1)N1CCC1. The van der Waals surface area contributed by atoms with Crippen molar-refractivity contribution in [1.82, 2.24) is 19.4 Å². The van der Waals surface area contributed by atoms with Gasteiger partial charge in [-0.2, -0.15) is 12.6 Å². The van der Waals surface area contributed by atoms with E-state index in [1.807, 2.05) is 4.57 Å². The molecule has 0 bridgehead atoms. The fourth-order valence-electron chi connectivity index (χ4n) is 3.76. The lowest BCUT2D eigenvalue weighted by atomic mass is 10.0. The standard InChI is InChI=1S/C19H21N5O5S/c25-18(21-7-1-8-21)17-16(22-9-6-20-12-22)15(30)10-23(17)19(26)29-11-13-2-4-14(5-3-13)24(27)28/h2-6,9,12,15-17,30H,1,7-8,10-11H2. The van der Waals surface area contributed by atoms with E-state index in [2.05, 4.69) is 17.6 Å². The van der Waals surface area contributed by atoms with Crippen LogP contribution in [-0.4, -0.2) is 67.2 Å². The molecule has 11 heteroatoms. The fraction of sp³-hybridized carbons (Fsp3) is 0.421. The van der Waals surface area contributed by atoms with Crippen molar-refractivity contribution >= 4 is 30.3 Å². The van der Waals surface area contributed by atoms with Gasteiger partial charge >= 0.3 is 6.09 Å². The molecule has 3 heterocycles. The predicted octanol–water partition coefficient (Wildman–Crippen LogP) is 1.88. The Kier molecular flexibility index (Phi) is 5.62.